The van der Waals surface area contributed by atoms with Crippen LogP contribution >= 0.6 is 11.3 Å². The molecule has 0 atom stereocenters. The van der Waals surface area contributed by atoms with Crippen molar-refractivity contribution in [2.75, 3.05) is 7.11 Å². The highest BCUT2D eigenvalue weighted by Gasteiger charge is 2.10. The second kappa shape index (κ2) is 3.83. The van der Waals surface area contributed by atoms with Crippen LogP contribution in [0.1, 0.15) is 25.7 Å². The molecule has 0 spiro atoms. The Morgan fingerprint density at radius 1 is 1.50 bits per heavy atom. The van der Waals surface area contributed by atoms with Gasteiger partial charge in [0.05, 0.1) is 6.61 Å². The molecular weight excluding hydrogens is 172 g/mol. The molecule has 0 amide bonds. The Kier molecular flexibility index (Phi) is 3.00. The highest BCUT2D eigenvalue weighted by Crippen LogP contribution is 2.26. The molecule has 0 radical (unpaired) electrons. The van der Waals surface area contributed by atoms with E-state index in [2.05, 4.69) is 0 Å². The molecule has 3 heteroatoms. The number of hydrogen-bond acceptors (Lipinski definition) is 3. The van der Waals surface area contributed by atoms with Gasteiger partial charge in [0.1, 0.15) is 0 Å². The summed E-state index contributed by atoms with van der Waals surface area (Å²) in [6.45, 7) is 4.52. The standard InChI is InChI=1S/C9H12O2S/c1-6-8(4-10)7(2)12-9(6)5-11-3/h4H,5H2,1-3H3. The maximum absolute atomic E-state index is 10.6. The quantitative estimate of drug-likeness (QED) is 0.674. The molecule has 0 aliphatic heterocycles. The molecule has 1 rings (SSSR count). The molecule has 1 heterocycles. The van der Waals surface area contributed by atoms with Crippen LogP contribution in [0.25, 0.3) is 0 Å². The van der Waals surface area contributed by atoms with Crippen molar-refractivity contribution in [2.45, 2.75) is 20.5 Å². The summed E-state index contributed by atoms with van der Waals surface area (Å²) in [7, 11) is 1.66. The van der Waals surface area contributed by atoms with E-state index < -0.39 is 0 Å². The third-order valence-electron chi connectivity index (χ3n) is 1.87. The average Bonchev–Trinajstić information content (AvgIpc) is 2.29. The van der Waals surface area contributed by atoms with E-state index in [-0.39, 0.29) is 0 Å². The first kappa shape index (κ1) is 9.42. The largest absolute Gasteiger partial charge is 0.379 e. The summed E-state index contributed by atoms with van der Waals surface area (Å²) in [6.07, 6.45) is 0.917. The molecule has 0 bridgehead atoms. The SMILES string of the molecule is COCc1sc(C)c(C=O)c1C. The fourth-order valence-corrected chi connectivity index (χ4v) is 2.29. The van der Waals surface area contributed by atoms with Crippen LogP contribution in [-0.4, -0.2) is 13.4 Å². The van der Waals surface area contributed by atoms with Crippen LogP contribution in [0.4, 0.5) is 0 Å². The number of carbonyl (C=O) groups is 1. The molecule has 66 valence electrons. The van der Waals surface area contributed by atoms with Gasteiger partial charge in [0.15, 0.2) is 6.29 Å². The van der Waals surface area contributed by atoms with Crippen molar-refractivity contribution in [3.8, 4) is 0 Å². The third kappa shape index (κ3) is 1.57. The molecule has 0 aliphatic rings. The Morgan fingerprint density at radius 2 is 2.17 bits per heavy atom. The van der Waals surface area contributed by atoms with E-state index >= 15 is 0 Å². The zero-order valence-electron chi connectivity index (χ0n) is 7.51. The van der Waals surface area contributed by atoms with Crippen molar-refractivity contribution in [1.29, 1.82) is 0 Å². The molecule has 1 aromatic heterocycles. The summed E-state index contributed by atoms with van der Waals surface area (Å²) in [5.41, 5.74) is 1.89. The summed E-state index contributed by atoms with van der Waals surface area (Å²) in [5, 5.41) is 0. The lowest BCUT2D eigenvalue weighted by atomic mass is 10.1. The Labute approximate surface area is 76.2 Å². The van der Waals surface area contributed by atoms with Gasteiger partial charge in [-0.05, 0) is 19.4 Å². The van der Waals surface area contributed by atoms with Crippen molar-refractivity contribution in [2.24, 2.45) is 0 Å². The zero-order valence-corrected chi connectivity index (χ0v) is 8.33. The fourth-order valence-electron chi connectivity index (χ4n) is 1.17. The van der Waals surface area contributed by atoms with Crippen LogP contribution in [0.3, 0.4) is 0 Å². The van der Waals surface area contributed by atoms with Gasteiger partial charge in [0.2, 0.25) is 0 Å². The van der Waals surface area contributed by atoms with Gasteiger partial charge in [-0.2, -0.15) is 0 Å². The molecule has 12 heavy (non-hydrogen) atoms. The second-order valence-electron chi connectivity index (χ2n) is 2.67. The van der Waals surface area contributed by atoms with Crippen LogP contribution in [-0.2, 0) is 11.3 Å². The molecular formula is C9H12O2S. The highest BCUT2D eigenvalue weighted by molar-refractivity contribution is 7.12. The maximum atomic E-state index is 10.6. The average molecular weight is 184 g/mol. The number of aryl methyl sites for hydroxylation is 1. The van der Waals surface area contributed by atoms with Crippen LogP contribution in [0.2, 0.25) is 0 Å². The number of carbonyl (C=O) groups excluding carboxylic acids is 1. The smallest absolute Gasteiger partial charge is 0.151 e. The molecule has 0 aliphatic carbocycles. The zero-order chi connectivity index (χ0) is 9.14. The number of thiophene rings is 1. The van der Waals surface area contributed by atoms with E-state index in [9.17, 15) is 4.79 Å². The number of ether oxygens (including phenoxy) is 1. The van der Waals surface area contributed by atoms with Gasteiger partial charge in [0, 0.05) is 22.4 Å². The highest BCUT2D eigenvalue weighted by atomic mass is 32.1. The lowest BCUT2D eigenvalue weighted by Gasteiger charge is -1.95. The lowest BCUT2D eigenvalue weighted by molar-refractivity contribution is 0.112. The molecule has 0 saturated heterocycles. The van der Waals surface area contributed by atoms with E-state index in [1.54, 1.807) is 18.4 Å². The van der Waals surface area contributed by atoms with Gasteiger partial charge in [-0.25, -0.2) is 0 Å². The predicted molar refractivity (Wildman–Crippen MR) is 49.9 cm³/mol. The van der Waals surface area contributed by atoms with E-state index in [1.165, 1.54) is 0 Å². The van der Waals surface area contributed by atoms with Crippen LogP contribution in [0, 0.1) is 13.8 Å². The van der Waals surface area contributed by atoms with Crippen molar-refractivity contribution in [3.05, 3.63) is 20.9 Å². The number of aldehydes is 1. The molecule has 0 fully saturated rings. The minimum absolute atomic E-state index is 0.602. The van der Waals surface area contributed by atoms with Crippen molar-refractivity contribution < 1.29 is 9.53 Å². The normalized spacial score (nSPS) is 10.2. The Balaban J connectivity index is 3.08. The van der Waals surface area contributed by atoms with Crippen molar-refractivity contribution >= 4 is 17.6 Å². The Hall–Kier alpha value is -0.670. The molecule has 0 aromatic carbocycles. The predicted octanol–water partition coefficient (Wildman–Crippen LogP) is 2.32. The van der Waals surface area contributed by atoms with Crippen molar-refractivity contribution in [3.63, 3.8) is 0 Å². The number of hydrogen-bond donors (Lipinski definition) is 0. The molecule has 0 unspecified atom stereocenters. The summed E-state index contributed by atoms with van der Waals surface area (Å²) in [5.74, 6) is 0. The van der Waals surface area contributed by atoms with Crippen LogP contribution in [0.15, 0.2) is 0 Å². The van der Waals surface area contributed by atoms with Gasteiger partial charge >= 0.3 is 0 Å². The van der Waals surface area contributed by atoms with Crippen LogP contribution < -0.4 is 0 Å². The van der Waals surface area contributed by atoms with Gasteiger partial charge in [-0.15, -0.1) is 11.3 Å². The third-order valence-corrected chi connectivity index (χ3v) is 3.07. The Morgan fingerprint density at radius 3 is 2.58 bits per heavy atom. The van der Waals surface area contributed by atoms with E-state index in [0.717, 1.165) is 27.2 Å². The van der Waals surface area contributed by atoms with E-state index in [1.807, 2.05) is 13.8 Å². The first-order valence-corrected chi connectivity index (χ1v) is 4.55. The van der Waals surface area contributed by atoms with E-state index in [4.69, 9.17) is 4.74 Å². The van der Waals surface area contributed by atoms with Gasteiger partial charge < -0.3 is 4.74 Å². The topological polar surface area (TPSA) is 26.3 Å². The minimum Gasteiger partial charge on any atom is -0.379 e. The number of methoxy groups -OCH3 is 1. The van der Waals surface area contributed by atoms with Gasteiger partial charge in [-0.3, -0.25) is 4.79 Å². The van der Waals surface area contributed by atoms with Gasteiger partial charge in [0.25, 0.3) is 0 Å². The molecule has 0 saturated carbocycles. The van der Waals surface area contributed by atoms with Gasteiger partial charge in [-0.1, -0.05) is 0 Å². The second-order valence-corrected chi connectivity index (χ2v) is 3.98. The summed E-state index contributed by atoms with van der Waals surface area (Å²) in [6, 6.07) is 0. The maximum Gasteiger partial charge on any atom is 0.151 e. The van der Waals surface area contributed by atoms with Crippen LogP contribution in [0.5, 0.6) is 0 Å². The fraction of sp³-hybridized carbons (Fsp3) is 0.444. The number of rotatable bonds is 3. The molecule has 0 N–H and O–H groups in total. The summed E-state index contributed by atoms with van der Waals surface area (Å²) < 4.78 is 5.02. The summed E-state index contributed by atoms with van der Waals surface area (Å²) >= 11 is 1.63. The molecule has 2 nitrogen and oxygen atoms in total. The minimum atomic E-state index is 0.602. The Bertz CT molecular complexity index is 289. The van der Waals surface area contributed by atoms with Crippen molar-refractivity contribution in [1.82, 2.24) is 0 Å². The lowest BCUT2D eigenvalue weighted by Crippen LogP contribution is -1.88. The molecule has 1 aromatic rings. The monoisotopic (exact) mass is 184 g/mol. The first-order chi connectivity index (χ1) is 5.70. The first-order valence-electron chi connectivity index (χ1n) is 3.73. The summed E-state index contributed by atoms with van der Waals surface area (Å²) in [4.78, 5) is 12.9. The van der Waals surface area contributed by atoms with E-state index in [0.29, 0.717) is 6.61 Å².